The van der Waals surface area contributed by atoms with Crippen LogP contribution in [0.4, 0.5) is 0 Å². The SMILES string of the molecule is CC(=O)O[C@H]1C(=O)[C@@]2(C)[C@H]([C@H](OC(=O)c3ccccc3)[C@]3(O)C[C@H](OC(=O)[C@H](O)[C@@H](NC(=O)c4ccccc4)c4ccccc4)C(C)=C1C3(C)C)[C@]1(OC(C)=O)CO[C@@H]1C[C@@H]2O.CC/C(=C(\c1ccccc1)c1ccc(OCCN(C)C)cc1)c1ccccc1.O=C(O)CC(O)(CC(=O)O)C(=O)O. The number of amides is 1. The highest BCUT2D eigenvalue weighted by atomic mass is 16.6. The van der Waals surface area contributed by atoms with Crippen molar-refractivity contribution in [2.24, 2.45) is 16.7 Å². The van der Waals surface area contributed by atoms with E-state index in [1.165, 1.54) is 53.8 Å². The first kappa shape index (κ1) is 78.5. The molecule has 8 N–H and O–H groups in total. The summed E-state index contributed by atoms with van der Waals surface area (Å²) < 4.78 is 36.1. The number of carboxylic acid groups (broad SMARTS) is 3. The van der Waals surface area contributed by atoms with Gasteiger partial charge in [-0.3, -0.25) is 28.8 Å². The van der Waals surface area contributed by atoms with Crippen molar-refractivity contribution in [1.29, 1.82) is 0 Å². The average molecular weight is 1420 g/mol. The van der Waals surface area contributed by atoms with E-state index in [4.69, 9.17) is 48.8 Å². The summed E-state index contributed by atoms with van der Waals surface area (Å²) >= 11 is 0. The molecule has 24 heteroatoms. The molecule has 3 aliphatic carbocycles. The predicted molar refractivity (Wildman–Crippen MR) is 374 cm³/mol. The number of likely N-dealkylation sites (N-methyl/N-ethyl adjacent to an activating group) is 1. The first-order chi connectivity index (χ1) is 48.7. The van der Waals surface area contributed by atoms with Gasteiger partial charge in [-0.2, -0.15) is 0 Å². The number of Topliss-reactive ketones (excluding diaryl/α,β-unsaturated/α-hetero) is 1. The van der Waals surface area contributed by atoms with Gasteiger partial charge in [0.25, 0.3) is 5.91 Å². The number of hydrogen-bond acceptors (Lipinski definition) is 20. The van der Waals surface area contributed by atoms with Gasteiger partial charge in [-0.1, -0.05) is 160 Å². The van der Waals surface area contributed by atoms with E-state index in [9.17, 15) is 53.7 Å². The molecule has 103 heavy (non-hydrogen) atoms. The van der Waals surface area contributed by atoms with Crippen LogP contribution in [0.25, 0.3) is 11.1 Å². The molecule has 1 amide bonds. The minimum absolute atomic E-state index is 0.00289. The number of esters is 4. The van der Waals surface area contributed by atoms with Gasteiger partial charge in [0, 0.05) is 44.2 Å². The second kappa shape index (κ2) is 33.3. The Hall–Kier alpha value is -10.2. The number of carbonyl (C=O) groups excluding carboxylic acids is 6. The number of nitrogens with one attached hydrogen (secondary N) is 1. The van der Waals surface area contributed by atoms with Gasteiger partial charge in [-0.05, 0) is 115 Å². The number of hydrogen-bond donors (Lipinski definition) is 8. The number of aliphatic carboxylic acids is 3. The second-order valence-electron chi connectivity index (χ2n) is 26.9. The predicted octanol–water partition coefficient (Wildman–Crippen LogP) is 8.48. The highest BCUT2D eigenvalue weighted by molar-refractivity contribution is 5.99. The number of aliphatic hydroxyl groups excluding tert-OH is 2. The topological polar surface area (TPSA) is 366 Å². The van der Waals surface area contributed by atoms with Crippen molar-refractivity contribution in [3.8, 4) is 5.75 Å². The molecule has 4 aliphatic rings. The molecule has 2 saturated carbocycles. The molecule has 24 nitrogen and oxygen atoms in total. The fourth-order valence-corrected chi connectivity index (χ4v) is 14.2. The lowest BCUT2D eigenvalue weighted by atomic mass is 9.44. The van der Waals surface area contributed by atoms with Crippen molar-refractivity contribution in [2.45, 2.75) is 140 Å². The Morgan fingerprint density at radius 2 is 1.18 bits per heavy atom. The summed E-state index contributed by atoms with van der Waals surface area (Å²) in [6.45, 7) is 11.8. The monoisotopic (exact) mass is 1420 g/mol. The zero-order chi connectivity index (χ0) is 75.4. The second-order valence-corrected chi connectivity index (χ2v) is 26.9. The minimum atomic E-state index is -2.74. The lowest BCUT2D eigenvalue weighted by Gasteiger charge is -2.67. The molecule has 1 heterocycles. The molecule has 1 aliphatic heterocycles. The smallest absolute Gasteiger partial charge is 0.338 e. The van der Waals surface area contributed by atoms with E-state index in [0.717, 1.165) is 32.6 Å². The molecule has 0 radical (unpaired) electrons. The van der Waals surface area contributed by atoms with Crippen molar-refractivity contribution >= 4 is 64.6 Å². The van der Waals surface area contributed by atoms with Crippen LogP contribution < -0.4 is 10.1 Å². The van der Waals surface area contributed by atoms with E-state index in [1.54, 1.807) is 92.7 Å². The highest BCUT2D eigenvalue weighted by Crippen LogP contribution is 2.64. The molecule has 0 aromatic heterocycles. The Kier molecular flexibility index (Phi) is 25.4. The van der Waals surface area contributed by atoms with Crippen LogP contribution in [0.3, 0.4) is 0 Å². The summed E-state index contributed by atoms with van der Waals surface area (Å²) in [5, 5.41) is 74.0. The Labute approximate surface area is 596 Å². The fourth-order valence-electron chi connectivity index (χ4n) is 14.2. The Balaban J connectivity index is 0.000000268. The fraction of sp³-hybridized carbons (Fsp3) is 0.380. The van der Waals surface area contributed by atoms with Gasteiger partial charge in [0.2, 0.25) is 0 Å². The number of nitrogens with zero attached hydrogens (tertiary/aromatic N) is 1. The maximum absolute atomic E-state index is 15.5. The first-order valence-corrected chi connectivity index (χ1v) is 33.6. The van der Waals surface area contributed by atoms with E-state index in [0.29, 0.717) is 12.2 Å². The van der Waals surface area contributed by atoms with Crippen molar-refractivity contribution in [3.05, 3.63) is 220 Å². The number of carbonyl (C=O) groups is 9. The van der Waals surface area contributed by atoms with Gasteiger partial charge in [-0.25, -0.2) is 14.4 Å². The summed E-state index contributed by atoms with van der Waals surface area (Å²) in [7, 11) is 4.11. The molecular weight excluding hydrogens is 1330 g/mol. The van der Waals surface area contributed by atoms with Crippen LogP contribution >= 0.6 is 0 Å². The number of aliphatic hydroxyl groups is 4. The van der Waals surface area contributed by atoms with Crippen LogP contribution in [0.15, 0.2) is 187 Å². The third-order valence-corrected chi connectivity index (χ3v) is 19.6. The molecule has 10 rings (SSSR count). The van der Waals surface area contributed by atoms with Crippen molar-refractivity contribution in [3.63, 3.8) is 0 Å². The van der Waals surface area contributed by atoms with Gasteiger partial charge in [0.15, 0.2) is 29.2 Å². The van der Waals surface area contributed by atoms with Crippen LogP contribution in [0, 0.1) is 16.7 Å². The van der Waals surface area contributed by atoms with Crippen LogP contribution in [0.5, 0.6) is 5.75 Å². The highest BCUT2D eigenvalue weighted by Gasteiger charge is 2.78. The van der Waals surface area contributed by atoms with Crippen LogP contribution in [0.1, 0.15) is 130 Å². The third-order valence-electron chi connectivity index (χ3n) is 19.6. The van der Waals surface area contributed by atoms with Crippen molar-refractivity contribution in [1.82, 2.24) is 10.2 Å². The normalized spacial score (nSPS) is 23.8. The Morgan fingerprint density at radius 1 is 0.680 bits per heavy atom. The molecule has 0 spiro atoms. The number of carboxylic acids is 3. The summed E-state index contributed by atoms with van der Waals surface area (Å²) in [5.41, 5.74) is -3.39. The molecule has 3 fully saturated rings. The maximum Gasteiger partial charge on any atom is 0.338 e. The Bertz CT molecular complexity index is 4080. The minimum Gasteiger partial charge on any atom is -0.492 e. The summed E-state index contributed by atoms with van der Waals surface area (Å²) in [6, 6.07) is 52.8. The molecule has 1 saturated heterocycles. The zero-order valence-electron chi connectivity index (χ0n) is 58.7. The maximum atomic E-state index is 15.5. The quantitative estimate of drug-likeness (QED) is 0.0129. The van der Waals surface area contributed by atoms with Gasteiger partial charge in [0.1, 0.15) is 36.3 Å². The number of allylic oxidation sites excluding steroid dienone is 1. The van der Waals surface area contributed by atoms with Gasteiger partial charge >= 0.3 is 41.8 Å². The van der Waals surface area contributed by atoms with E-state index in [-0.39, 0.29) is 35.3 Å². The van der Waals surface area contributed by atoms with Crippen molar-refractivity contribution in [2.75, 3.05) is 33.9 Å². The number of benzene rings is 6. The van der Waals surface area contributed by atoms with Gasteiger partial charge in [0.05, 0.1) is 48.5 Å². The zero-order valence-corrected chi connectivity index (χ0v) is 58.7. The van der Waals surface area contributed by atoms with Crippen LogP contribution in [-0.4, -0.2) is 181 Å². The van der Waals surface area contributed by atoms with Crippen molar-refractivity contribution < 1.29 is 107 Å². The molecule has 2 bridgehead atoms. The van der Waals surface area contributed by atoms with Gasteiger partial charge < -0.3 is 74.4 Å². The molecule has 6 aromatic carbocycles. The first-order valence-electron chi connectivity index (χ1n) is 33.6. The largest absolute Gasteiger partial charge is 0.492 e. The lowest BCUT2D eigenvalue weighted by molar-refractivity contribution is -0.346. The molecular formula is C79H88N2O22. The van der Waals surface area contributed by atoms with Gasteiger partial charge in [-0.15, -0.1) is 0 Å². The summed E-state index contributed by atoms with van der Waals surface area (Å²) in [4.78, 5) is 116. The number of ether oxygens (including phenoxy) is 6. The number of ketones is 1. The van der Waals surface area contributed by atoms with Crippen LogP contribution in [-0.2, 0) is 57.2 Å². The van der Waals surface area contributed by atoms with E-state index >= 15 is 4.79 Å². The standard InChI is InChI=1S/C47H51NO14.C26H29NO.C6H8O7/c1-25-31(60-43(56)36(52)35(28-16-10-7-11-17-28)48-41(54)29-18-12-8-13-19-29)23-47(57)40(61-42(55)30-20-14-9-15-21-30)38-45(6,32(51)22-33-46(38,24-58-33)62-27(3)50)39(53)37(59-26(2)49)34(25)44(47,4)5;1-4-25(21-11-7-5-8-12-21)26(22-13-9-6-10-14-22)23-15-17-24(18-16-23)28-20-19-27(2)3;7-3(8)1-6(13,5(11)12)2-4(9)10/h7-21,31-33,35-38,40,51-52,57H,22-24H2,1-6H3,(H,48,54);5-18H,4,19-20H2,1-3H3;13H,1-2H2,(H,7,8)(H,9,10)(H,11,12)/b;26-25-;/t31-,32-,33+,35-,36+,37+,38-,40-,45+,46-,47+;;/m0../s1. The van der Waals surface area contributed by atoms with E-state index < -0.39 is 149 Å². The number of fused-ring (bicyclic) bond motifs is 5. The Morgan fingerprint density at radius 3 is 1.66 bits per heavy atom. The summed E-state index contributed by atoms with van der Waals surface area (Å²) in [5.74, 6) is -10.9. The lowest BCUT2D eigenvalue weighted by Crippen LogP contribution is -2.82. The molecule has 11 atom stereocenters. The average Bonchev–Trinajstić information content (AvgIpc) is 0.669. The molecule has 546 valence electrons. The molecule has 6 aromatic rings. The summed E-state index contributed by atoms with van der Waals surface area (Å²) in [6.07, 6.45) is -11.8. The third kappa shape index (κ3) is 17.3. The van der Waals surface area contributed by atoms with Crippen LogP contribution in [0.2, 0.25) is 0 Å². The van der Waals surface area contributed by atoms with E-state index in [2.05, 4.69) is 116 Å². The molecule has 0 unspecified atom stereocenters. The van der Waals surface area contributed by atoms with E-state index in [1.807, 2.05) is 0 Å². The number of rotatable bonds is 23.